The molecule has 1 aromatic carbocycles. The molecule has 0 radical (unpaired) electrons. The fourth-order valence-corrected chi connectivity index (χ4v) is 2.27. The lowest BCUT2D eigenvalue weighted by Crippen LogP contribution is -1.87. The molecule has 3 rings (SSSR count). The number of aromatic nitrogens is 1. The second-order valence-electron chi connectivity index (χ2n) is 3.89. The van der Waals surface area contributed by atoms with E-state index in [1.54, 1.807) is 18.2 Å². The first-order chi connectivity index (χ1) is 9.16. The molecule has 0 atom stereocenters. The number of rotatable bonds is 2. The van der Waals surface area contributed by atoms with Gasteiger partial charge in [-0.3, -0.25) is 0 Å². The summed E-state index contributed by atoms with van der Waals surface area (Å²) in [6.07, 6.45) is 1.48. The average Bonchev–Trinajstić information content (AvgIpc) is 2.95. The van der Waals surface area contributed by atoms with Gasteiger partial charge in [0.05, 0.1) is 17.4 Å². The highest BCUT2D eigenvalue weighted by atomic mass is 35.5. The summed E-state index contributed by atoms with van der Waals surface area (Å²) in [6, 6.07) is 8.95. The van der Waals surface area contributed by atoms with E-state index in [0.29, 0.717) is 21.8 Å². The Balaban J connectivity index is 2.22. The van der Waals surface area contributed by atoms with Crippen LogP contribution in [-0.2, 0) is 0 Å². The van der Waals surface area contributed by atoms with Gasteiger partial charge < -0.3 is 14.7 Å². The minimum absolute atomic E-state index is 0.203. The van der Waals surface area contributed by atoms with E-state index in [-0.39, 0.29) is 11.1 Å². The van der Waals surface area contributed by atoms with E-state index in [9.17, 15) is 0 Å². The Morgan fingerprint density at radius 1 is 1.16 bits per heavy atom. The summed E-state index contributed by atoms with van der Waals surface area (Å²) < 4.78 is 10.1. The first kappa shape index (κ1) is 12.1. The molecule has 0 unspecified atom stereocenters. The van der Waals surface area contributed by atoms with E-state index in [0.717, 1.165) is 5.56 Å². The van der Waals surface area contributed by atoms with Crippen LogP contribution in [-0.4, -0.2) is 5.16 Å². The normalized spacial score (nSPS) is 10.8. The zero-order valence-corrected chi connectivity index (χ0v) is 11.1. The molecule has 0 fully saturated rings. The van der Waals surface area contributed by atoms with Gasteiger partial charge in [-0.25, -0.2) is 0 Å². The molecule has 96 valence electrons. The standard InChI is InChI=1S/C13H8Cl2N2O2/c14-8-3-1-2-7(6-8)10-11(17-19-13(10)16)9-4-5-18-12(9)15/h1-6H,16H2. The van der Waals surface area contributed by atoms with Gasteiger partial charge in [0.1, 0.15) is 5.69 Å². The van der Waals surface area contributed by atoms with E-state index >= 15 is 0 Å². The van der Waals surface area contributed by atoms with Crippen molar-refractivity contribution in [1.82, 2.24) is 5.16 Å². The summed E-state index contributed by atoms with van der Waals surface area (Å²) in [7, 11) is 0. The molecule has 0 aliphatic carbocycles. The van der Waals surface area contributed by atoms with Gasteiger partial charge in [-0.05, 0) is 35.4 Å². The van der Waals surface area contributed by atoms with Gasteiger partial charge in [0.2, 0.25) is 11.1 Å². The molecule has 0 bridgehead atoms. The highest BCUT2D eigenvalue weighted by Crippen LogP contribution is 2.39. The van der Waals surface area contributed by atoms with E-state index in [1.807, 2.05) is 12.1 Å². The van der Waals surface area contributed by atoms with Crippen LogP contribution in [0.1, 0.15) is 0 Å². The van der Waals surface area contributed by atoms with Crippen LogP contribution < -0.4 is 5.73 Å². The monoisotopic (exact) mass is 294 g/mol. The van der Waals surface area contributed by atoms with Crippen LogP contribution in [0.25, 0.3) is 22.4 Å². The van der Waals surface area contributed by atoms with Gasteiger partial charge in [-0.15, -0.1) is 0 Å². The Morgan fingerprint density at radius 2 is 2.00 bits per heavy atom. The lowest BCUT2D eigenvalue weighted by Gasteiger charge is -2.02. The Bertz CT molecular complexity index is 734. The fourth-order valence-electron chi connectivity index (χ4n) is 1.87. The lowest BCUT2D eigenvalue weighted by atomic mass is 10.0. The molecule has 2 heterocycles. The van der Waals surface area contributed by atoms with Crippen LogP contribution in [0, 0.1) is 0 Å². The van der Waals surface area contributed by atoms with Crippen molar-refractivity contribution < 1.29 is 8.94 Å². The Labute approximate surface area is 118 Å². The fraction of sp³-hybridized carbons (Fsp3) is 0. The number of benzene rings is 1. The predicted octanol–water partition coefficient (Wildman–Crippen LogP) is 4.49. The third-order valence-electron chi connectivity index (χ3n) is 2.70. The first-order valence-corrected chi connectivity index (χ1v) is 6.17. The third kappa shape index (κ3) is 2.09. The van der Waals surface area contributed by atoms with Crippen molar-refractivity contribution in [2.75, 3.05) is 5.73 Å². The number of anilines is 1. The molecular formula is C13H8Cl2N2O2. The number of nitrogens with two attached hydrogens (primary N) is 1. The SMILES string of the molecule is Nc1onc(-c2ccoc2Cl)c1-c1cccc(Cl)c1. The van der Waals surface area contributed by atoms with Crippen molar-refractivity contribution in [1.29, 1.82) is 0 Å². The Morgan fingerprint density at radius 3 is 2.68 bits per heavy atom. The van der Waals surface area contributed by atoms with Gasteiger partial charge in [-0.1, -0.05) is 28.9 Å². The molecule has 19 heavy (non-hydrogen) atoms. The molecule has 2 aromatic heterocycles. The summed E-state index contributed by atoms with van der Waals surface area (Å²) in [6.45, 7) is 0. The summed E-state index contributed by atoms with van der Waals surface area (Å²) in [5.74, 6) is 0.203. The number of furan rings is 1. The van der Waals surface area contributed by atoms with E-state index in [2.05, 4.69) is 5.16 Å². The predicted molar refractivity (Wildman–Crippen MR) is 74.1 cm³/mol. The topological polar surface area (TPSA) is 65.2 Å². The van der Waals surface area contributed by atoms with Gasteiger partial charge in [0.25, 0.3) is 0 Å². The first-order valence-electron chi connectivity index (χ1n) is 5.41. The number of nitrogen functional groups attached to an aromatic ring is 1. The van der Waals surface area contributed by atoms with Crippen molar-refractivity contribution in [2.24, 2.45) is 0 Å². The molecule has 0 amide bonds. The highest BCUT2D eigenvalue weighted by Gasteiger charge is 2.20. The van der Waals surface area contributed by atoms with E-state index < -0.39 is 0 Å². The second kappa shape index (κ2) is 4.64. The second-order valence-corrected chi connectivity index (χ2v) is 4.67. The molecule has 4 nitrogen and oxygen atoms in total. The minimum atomic E-state index is 0.203. The highest BCUT2D eigenvalue weighted by molar-refractivity contribution is 6.32. The molecule has 2 N–H and O–H groups in total. The molecule has 0 aliphatic rings. The van der Waals surface area contributed by atoms with Crippen LogP contribution in [0.15, 0.2) is 45.5 Å². The molecule has 0 saturated carbocycles. The summed E-state index contributed by atoms with van der Waals surface area (Å²) >= 11 is 11.9. The third-order valence-corrected chi connectivity index (χ3v) is 3.23. The molecular weight excluding hydrogens is 287 g/mol. The Kier molecular flexibility index (Phi) is 2.97. The van der Waals surface area contributed by atoms with Gasteiger partial charge >= 0.3 is 0 Å². The molecule has 0 aliphatic heterocycles. The quantitative estimate of drug-likeness (QED) is 0.756. The maximum absolute atomic E-state index is 5.99. The van der Waals surface area contributed by atoms with Crippen LogP contribution in [0.5, 0.6) is 0 Å². The van der Waals surface area contributed by atoms with Crippen molar-refractivity contribution in [3.8, 4) is 22.4 Å². The van der Waals surface area contributed by atoms with Crippen LogP contribution in [0.2, 0.25) is 10.2 Å². The smallest absolute Gasteiger partial charge is 0.230 e. The van der Waals surface area contributed by atoms with Gasteiger partial charge in [0.15, 0.2) is 0 Å². The maximum atomic E-state index is 5.99. The molecule has 0 saturated heterocycles. The van der Waals surface area contributed by atoms with Crippen molar-refractivity contribution in [2.45, 2.75) is 0 Å². The maximum Gasteiger partial charge on any atom is 0.230 e. The summed E-state index contributed by atoms with van der Waals surface area (Å²) in [4.78, 5) is 0. The zero-order valence-electron chi connectivity index (χ0n) is 9.56. The van der Waals surface area contributed by atoms with Crippen molar-refractivity contribution in [3.63, 3.8) is 0 Å². The van der Waals surface area contributed by atoms with E-state index in [1.165, 1.54) is 6.26 Å². The molecule has 0 spiro atoms. The van der Waals surface area contributed by atoms with Crippen molar-refractivity contribution in [3.05, 3.63) is 46.8 Å². The van der Waals surface area contributed by atoms with Crippen molar-refractivity contribution >= 4 is 29.1 Å². The van der Waals surface area contributed by atoms with Crippen LogP contribution >= 0.6 is 23.2 Å². The van der Waals surface area contributed by atoms with Crippen LogP contribution in [0.4, 0.5) is 5.88 Å². The Hall–Kier alpha value is -1.91. The minimum Gasteiger partial charge on any atom is -0.452 e. The largest absolute Gasteiger partial charge is 0.452 e. The van der Waals surface area contributed by atoms with Gasteiger partial charge in [-0.2, -0.15) is 0 Å². The average molecular weight is 295 g/mol. The summed E-state index contributed by atoms with van der Waals surface area (Å²) in [5, 5.41) is 4.77. The lowest BCUT2D eigenvalue weighted by molar-refractivity contribution is 0.439. The number of nitrogens with zero attached hydrogens (tertiary/aromatic N) is 1. The van der Waals surface area contributed by atoms with E-state index in [4.69, 9.17) is 37.9 Å². The molecule has 3 aromatic rings. The number of halogens is 2. The number of hydrogen-bond acceptors (Lipinski definition) is 4. The number of hydrogen-bond donors (Lipinski definition) is 1. The zero-order chi connectivity index (χ0) is 13.4. The van der Waals surface area contributed by atoms with Gasteiger partial charge in [0, 0.05) is 5.02 Å². The molecule has 6 heteroatoms. The summed E-state index contributed by atoms with van der Waals surface area (Å²) in [5.41, 5.74) is 8.43. The van der Waals surface area contributed by atoms with Crippen LogP contribution in [0.3, 0.4) is 0 Å².